The molecule has 6 heteroatoms. The molecule has 0 saturated heterocycles. The Morgan fingerprint density at radius 1 is 1.53 bits per heavy atom. The molecule has 4 nitrogen and oxygen atoms in total. The second-order valence-corrected chi connectivity index (χ2v) is 6.55. The van der Waals surface area contributed by atoms with Gasteiger partial charge in [-0.05, 0) is 31.5 Å². The van der Waals surface area contributed by atoms with Crippen LogP contribution in [0.15, 0.2) is 34.1 Å². The quantitative estimate of drug-likeness (QED) is 0.671. The van der Waals surface area contributed by atoms with E-state index in [-0.39, 0.29) is 11.2 Å². The molecule has 100 valence electrons. The molecule has 1 aromatic carbocycles. The number of carbonyl (C=O) groups excluding carboxylic acids is 1. The van der Waals surface area contributed by atoms with Gasteiger partial charge in [0.05, 0.1) is 5.25 Å². The summed E-state index contributed by atoms with van der Waals surface area (Å²) in [7, 11) is 0. The fourth-order valence-corrected chi connectivity index (χ4v) is 3.27. The van der Waals surface area contributed by atoms with Gasteiger partial charge >= 0.3 is 0 Å². The average Bonchev–Trinajstić information content (AvgIpc) is 2.87. The summed E-state index contributed by atoms with van der Waals surface area (Å²) in [5.74, 6) is -0.0473. The van der Waals surface area contributed by atoms with Gasteiger partial charge < -0.3 is 11.1 Å². The van der Waals surface area contributed by atoms with E-state index in [1.807, 2.05) is 37.4 Å². The van der Waals surface area contributed by atoms with Gasteiger partial charge in [-0.1, -0.05) is 17.8 Å². The van der Waals surface area contributed by atoms with Crippen LogP contribution in [0.25, 0.3) is 0 Å². The van der Waals surface area contributed by atoms with E-state index < -0.39 is 0 Å². The number of nitrogens with zero attached hydrogens (tertiary/aromatic N) is 1. The van der Waals surface area contributed by atoms with Crippen LogP contribution in [-0.2, 0) is 4.79 Å². The first kappa shape index (κ1) is 13.9. The Kier molecular flexibility index (Phi) is 4.44. The Morgan fingerprint density at radius 2 is 2.32 bits per heavy atom. The Morgan fingerprint density at radius 3 is 3.00 bits per heavy atom. The van der Waals surface area contributed by atoms with Gasteiger partial charge in [-0.2, -0.15) is 0 Å². The van der Waals surface area contributed by atoms with Gasteiger partial charge in [-0.15, -0.1) is 11.3 Å². The fourth-order valence-electron chi connectivity index (χ4n) is 1.50. The van der Waals surface area contributed by atoms with E-state index in [1.54, 1.807) is 6.20 Å². The number of nitrogen functional groups attached to an aromatic ring is 1. The van der Waals surface area contributed by atoms with Crippen LogP contribution in [0.4, 0.5) is 11.4 Å². The minimum Gasteiger partial charge on any atom is -0.398 e. The van der Waals surface area contributed by atoms with Crippen LogP contribution >= 0.6 is 23.1 Å². The Hall–Kier alpha value is -1.53. The first-order valence-electron chi connectivity index (χ1n) is 5.80. The lowest BCUT2D eigenvalue weighted by Gasteiger charge is -2.13. The molecule has 2 rings (SSSR count). The van der Waals surface area contributed by atoms with Gasteiger partial charge in [0.15, 0.2) is 4.34 Å². The molecule has 0 saturated carbocycles. The van der Waals surface area contributed by atoms with Gasteiger partial charge in [0.2, 0.25) is 5.91 Å². The minimum atomic E-state index is -0.202. The summed E-state index contributed by atoms with van der Waals surface area (Å²) in [5.41, 5.74) is 8.15. The topological polar surface area (TPSA) is 68.0 Å². The molecular formula is C13H15N3OS2. The fraction of sp³-hybridized carbons (Fsp3) is 0.231. The van der Waals surface area contributed by atoms with Crippen LogP contribution < -0.4 is 11.1 Å². The second-order valence-electron chi connectivity index (χ2n) is 4.07. The van der Waals surface area contributed by atoms with Crippen LogP contribution in [-0.4, -0.2) is 16.1 Å². The number of amides is 1. The highest BCUT2D eigenvalue weighted by atomic mass is 32.2. The van der Waals surface area contributed by atoms with E-state index in [0.717, 1.165) is 15.6 Å². The summed E-state index contributed by atoms with van der Waals surface area (Å²) in [6.45, 7) is 3.76. The molecule has 2 aromatic rings. The third kappa shape index (κ3) is 3.48. The molecule has 1 unspecified atom stereocenters. The number of hydrogen-bond donors (Lipinski definition) is 2. The summed E-state index contributed by atoms with van der Waals surface area (Å²) in [4.78, 5) is 16.3. The van der Waals surface area contributed by atoms with Gasteiger partial charge in [-0.25, -0.2) is 4.98 Å². The highest BCUT2D eigenvalue weighted by Gasteiger charge is 2.16. The maximum atomic E-state index is 12.1. The van der Waals surface area contributed by atoms with Crippen LogP contribution in [0, 0.1) is 6.92 Å². The lowest BCUT2D eigenvalue weighted by molar-refractivity contribution is -0.115. The van der Waals surface area contributed by atoms with Crippen molar-refractivity contribution in [2.45, 2.75) is 23.4 Å². The third-order valence-corrected chi connectivity index (χ3v) is 4.71. The van der Waals surface area contributed by atoms with Crippen molar-refractivity contribution in [3.8, 4) is 0 Å². The van der Waals surface area contributed by atoms with Crippen molar-refractivity contribution < 1.29 is 4.79 Å². The molecule has 1 aromatic heterocycles. The van der Waals surface area contributed by atoms with Crippen molar-refractivity contribution in [3.05, 3.63) is 35.3 Å². The Labute approximate surface area is 120 Å². The van der Waals surface area contributed by atoms with Crippen molar-refractivity contribution in [1.29, 1.82) is 0 Å². The number of nitrogens with one attached hydrogen (secondary N) is 1. The SMILES string of the molecule is Cc1c(N)cccc1NC(=O)C(C)Sc1nccs1. The van der Waals surface area contributed by atoms with Gasteiger partial charge in [0, 0.05) is 23.0 Å². The van der Waals surface area contributed by atoms with E-state index in [0.29, 0.717) is 5.69 Å². The van der Waals surface area contributed by atoms with E-state index in [1.165, 1.54) is 23.1 Å². The van der Waals surface area contributed by atoms with E-state index in [4.69, 9.17) is 5.73 Å². The molecule has 1 amide bonds. The van der Waals surface area contributed by atoms with Crippen molar-refractivity contribution in [1.82, 2.24) is 4.98 Å². The molecule has 1 atom stereocenters. The summed E-state index contributed by atoms with van der Waals surface area (Å²) in [5, 5.41) is 4.60. The van der Waals surface area contributed by atoms with Crippen molar-refractivity contribution in [2.24, 2.45) is 0 Å². The highest BCUT2D eigenvalue weighted by Crippen LogP contribution is 2.27. The maximum absolute atomic E-state index is 12.1. The Balaban J connectivity index is 2.02. The first-order valence-corrected chi connectivity index (χ1v) is 7.56. The normalized spacial score (nSPS) is 12.1. The van der Waals surface area contributed by atoms with E-state index >= 15 is 0 Å². The Bertz CT molecular complexity index is 569. The standard InChI is InChI=1S/C13H15N3OS2/c1-8-10(14)4-3-5-11(8)16-12(17)9(2)19-13-15-6-7-18-13/h3-7,9H,14H2,1-2H3,(H,16,17). The molecule has 0 aliphatic rings. The van der Waals surface area contributed by atoms with Crippen LogP contribution in [0.2, 0.25) is 0 Å². The number of nitrogens with two attached hydrogens (primary N) is 1. The lowest BCUT2D eigenvalue weighted by atomic mass is 10.1. The number of aromatic nitrogens is 1. The zero-order valence-electron chi connectivity index (χ0n) is 10.7. The lowest BCUT2D eigenvalue weighted by Crippen LogP contribution is -2.22. The molecule has 0 radical (unpaired) electrons. The van der Waals surface area contributed by atoms with E-state index in [9.17, 15) is 4.79 Å². The zero-order valence-corrected chi connectivity index (χ0v) is 12.3. The van der Waals surface area contributed by atoms with Crippen molar-refractivity contribution in [3.63, 3.8) is 0 Å². The predicted molar refractivity (Wildman–Crippen MR) is 81.7 cm³/mol. The van der Waals surface area contributed by atoms with Crippen molar-refractivity contribution >= 4 is 40.4 Å². The molecular weight excluding hydrogens is 278 g/mol. The second kappa shape index (κ2) is 6.08. The molecule has 1 heterocycles. The van der Waals surface area contributed by atoms with E-state index in [2.05, 4.69) is 10.3 Å². The largest absolute Gasteiger partial charge is 0.398 e. The smallest absolute Gasteiger partial charge is 0.237 e. The molecule has 19 heavy (non-hydrogen) atoms. The number of thiazole rings is 1. The molecule has 0 fully saturated rings. The molecule has 0 aliphatic carbocycles. The van der Waals surface area contributed by atoms with Gasteiger partial charge in [0.1, 0.15) is 0 Å². The predicted octanol–water partition coefficient (Wildman–Crippen LogP) is 3.15. The minimum absolute atomic E-state index is 0.0473. The summed E-state index contributed by atoms with van der Waals surface area (Å²) in [6.07, 6.45) is 1.74. The number of hydrogen-bond acceptors (Lipinski definition) is 5. The van der Waals surface area contributed by atoms with Crippen LogP contribution in [0.3, 0.4) is 0 Å². The first-order chi connectivity index (χ1) is 9.08. The average molecular weight is 293 g/mol. The number of anilines is 2. The zero-order chi connectivity index (χ0) is 13.8. The van der Waals surface area contributed by atoms with Crippen LogP contribution in [0.1, 0.15) is 12.5 Å². The summed E-state index contributed by atoms with van der Waals surface area (Å²) < 4.78 is 0.895. The summed E-state index contributed by atoms with van der Waals surface area (Å²) in [6, 6.07) is 5.50. The maximum Gasteiger partial charge on any atom is 0.237 e. The molecule has 0 aliphatic heterocycles. The van der Waals surface area contributed by atoms with Crippen molar-refractivity contribution in [2.75, 3.05) is 11.1 Å². The number of rotatable bonds is 4. The summed E-state index contributed by atoms with van der Waals surface area (Å²) >= 11 is 2.98. The molecule has 0 bridgehead atoms. The van der Waals surface area contributed by atoms with Gasteiger partial charge in [0.25, 0.3) is 0 Å². The number of thioether (sulfide) groups is 1. The number of carbonyl (C=O) groups is 1. The van der Waals surface area contributed by atoms with Crippen LogP contribution in [0.5, 0.6) is 0 Å². The van der Waals surface area contributed by atoms with Gasteiger partial charge in [-0.3, -0.25) is 4.79 Å². The monoisotopic (exact) mass is 293 g/mol. The highest BCUT2D eigenvalue weighted by molar-refractivity contribution is 8.02. The molecule has 3 N–H and O–H groups in total. The number of benzene rings is 1. The third-order valence-electron chi connectivity index (χ3n) is 2.69. The molecule has 0 spiro atoms.